The van der Waals surface area contributed by atoms with Gasteiger partial charge in [-0.05, 0) is 0 Å². The van der Waals surface area contributed by atoms with Crippen LogP contribution in [0.2, 0.25) is 0 Å². The van der Waals surface area contributed by atoms with Crippen LogP contribution >= 0.6 is 17.0 Å². The fourth-order valence-electron chi connectivity index (χ4n) is 11.5. The van der Waals surface area contributed by atoms with E-state index in [1.54, 1.807) is 0 Å². The molecule has 3 aliphatic rings. The molecule has 0 bridgehead atoms. The zero-order valence-corrected chi connectivity index (χ0v) is 41.7. The molecule has 6 aromatic carbocycles. The minimum absolute atomic E-state index is 0.0702. The molecule has 0 aromatic heterocycles. The molecule has 60 heavy (non-hydrogen) atoms. The van der Waals surface area contributed by atoms with Crippen molar-refractivity contribution in [1.29, 1.82) is 0 Å². The number of rotatable bonds is 13. The molecule has 0 saturated heterocycles. The molecule has 0 spiro atoms. The van der Waals surface area contributed by atoms with Crippen molar-refractivity contribution in [2.75, 3.05) is 0 Å². The molecule has 0 radical (unpaired) electrons. The number of hydrogen-bond acceptors (Lipinski definition) is 0. The van der Waals surface area contributed by atoms with Crippen LogP contribution in [0.1, 0.15) is 108 Å². The Labute approximate surface area is 370 Å². The molecular weight excluding hydrogens is 863 g/mol. The summed E-state index contributed by atoms with van der Waals surface area (Å²) in [5.41, 5.74) is 19.0. The molecule has 1 heterocycles. The molecule has 0 N–H and O–H groups in total. The molecule has 2 unspecified atom stereocenters. The standard InChI is InChI=1S/2C22H25.C12H9Si.2ClH.Zr/c2*1-4-8-17-14-19-10-7-12-21(22(19)15-17)20-11-6-5-9-18(20)13-16(2)3;1-3-7-11-9(5-1)10-6-2-4-8-12(10)13-11;;;/h2*5-7,9-12,14-16H,4,8,13H2,1-3H3;1-7H,13H2;2*1H;/q;;;;;+2/p-2. The summed E-state index contributed by atoms with van der Waals surface area (Å²) in [5.74, 6) is 1.11. The average Bonchev–Trinajstić information content (AvgIpc) is 3.93. The monoisotopic (exact) mass is 919 g/mol. The topological polar surface area (TPSA) is 0 Å². The van der Waals surface area contributed by atoms with E-state index in [4.69, 9.17) is 0 Å². The second kappa shape index (κ2) is 16.6. The van der Waals surface area contributed by atoms with Crippen molar-refractivity contribution in [2.24, 2.45) is 11.8 Å². The molecule has 2 atom stereocenters. The van der Waals surface area contributed by atoms with Crippen LogP contribution in [0.3, 0.4) is 0 Å². The number of allylic oxidation sites excluding steroid dienone is 2. The molecule has 1 aliphatic heterocycles. The van der Waals surface area contributed by atoms with Crippen LogP contribution in [0.15, 0.2) is 139 Å². The van der Waals surface area contributed by atoms with Gasteiger partial charge in [0.05, 0.1) is 0 Å². The number of halogens is 2. The Bertz CT molecular complexity index is 2550. The zero-order valence-electron chi connectivity index (χ0n) is 36.3. The van der Waals surface area contributed by atoms with Crippen LogP contribution in [0.25, 0.3) is 45.5 Å². The maximum absolute atomic E-state index is 9.39. The van der Waals surface area contributed by atoms with Crippen molar-refractivity contribution in [3.05, 3.63) is 172 Å². The summed E-state index contributed by atoms with van der Waals surface area (Å²) >= 11 is -5.62. The summed E-state index contributed by atoms with van der Waals surface area (Å²) in [6.07, 6.45) is 11.2. The third-order valence-electron chi connectivity index (χ3n) is 13.7. The molecule has 305 valence electrons. The van der Waals surface area contributed by atoms with Gasteiger partial charge in [-0.2, -0.15) is 0 Å². The first-order chi connectivity index (χ1) is 29.0. The molecule has 0 amide bonds. The molecule has 0 fully saturated rings. The first-order valence-electron chi connectivity index (χ1n) is 22.6. The van der Waals surface area contributed by atoms with Crippen molar-refractivity contribution in [3.63, 3.8) is 0 Å². The Morgan fingerprint density at radius 1 is 0.500 bits per heavy atom. The fourth-order valence-corrected chi connectivity index (χ4v) is 39.5. The zero-order chi connectivity index (χ0) is 41.8. The van der Waals surface area contributed by atoms with Crippen molar-refractivity contribution < 1.29 is 16.4 Å². The van der Waals surface area contributed by atoms with Gasteiger partial charge >= 0.3 is 373 Å². The second-order valence-electron chi connectivity index (χ2n) is 18.7. The Hall–Kier alpha value is -3.52. The van der Waals surface area contributed by atoms with Crippen LogP contribution in [0.5, 0.6) is 0 Å². The maximum atomic E-state index is 9.39. The predicted octanol–water partition coefficient (Wildman–Crippen LogP) is 14.0. The van der Waals surface area contributed by atoms with Crippen molar-refractivity contribution in [2.45, 2.75) is 87.3 Å². The van der Waals surface area contributed by atoms with Crippen LogP contribution in [-0.2, 0) is 29.2 Å². The molecule has 0 saturated carbocycles. The summed E-state index contributed by atoms with van der Waals surface area (Å²) in [7, 11) is 17.9. The van der Waals surface area contributed by atoms with Crippen LogP contribution in [-0.4, -0.2) is 9.52 Å². The van der Waals surface area contributed by atoms with Gasteiger partial charge in [0.25, 0.3) is 0 Å². The summed E-state index contributed by atoms with van der Waals surface area (Å²) in [4.78, 5) is 0. The van der Waals surface area contributed by atoms with Crippen molar-refractivity contribution >= 4 is 52.3 Å². The van der Waals surface area contributed by atoms with Gasteiger partial charge in [0, 0.05) is 0 Å². The summed E-state index contributed by atoms with van der Waals surface area (Å²) in [6, 6.07) is 48.4. The Kier molecular flexibility index (Phi) is 11.6. The van der Waals surface area contributed by atoms with E-state index in [-0.39, 0.29) is 7.25 Å². The van der Waals surface area contributed by atoms with E-state index in [0.29, 0.717) is 11.8 Å². The molecule has 6 aromatic rings. The summed E-state index contributed by atoms with van der Waals surface area (Å²) in [5, 5.41) is 2.99. The third kappa shape index (κ3) is 6.97. The third-order valence-corrected chi connectivity index (χ3v) is 36.5. The van der Waals surface area contributed by atoms with E-state index in [2.05, 4.69) is 181 Å². The van der Waals surface area contributed by atoms with E-state index in [1.165, 1.54) is 91.6 Å². The van der Waals surface area contributed by atoms with Crippen molar-refractivity contribution in [1.82, 2.24) is 0 Å². The average molecular weight is 922 g/mol. The molecule has 2 aliphatic carbocycles. The minimum atomic E-state index is -5.62. The number of fused-ring (bicyclic) bond motifs is 5. The molecule has 4 heteroatoms. The van der Waals surface area contributed by atoms with Gasteiger partial charge in [0.15, 0.2) is 0 Å². The van der Waals surface area contributed by atoms with Gasteiger partial charge in [0.1, 0.15) is 0 Å². The summed E-state index contributed by atoms with van der Waals surface area (Å²) in [6.45, 7) is 13.9. The second-order valence-corrected chi connectivity index (χ2v) is 41.2. The number of hydrogen-bond donors (Lipinski definition) is 0. The first kappa shape index (κ1) is 41.8. The van der Waals surface area contributed by atoms with Crippen LogP contribution < -0.4 is 13.6 Å². The Balaban J connectivity index is 1.35. The Morgan fingerprint density at radius 2 is 0.933 bits per heavy atom. The van der Waals surface area contributed by atoms with E-state index < -0.39 is 25.9 Å². The van der Waals surface area contributed by atoms with E-state index >= 15 is 0 Å². The molecular formula is C56H59Cl2SiZr. The van der Waals surface area contributed by atoms with Gasteiger partial charge in [0.2, 0.25) is 0 Å². The number of benzene rings is 6. The van der Waals surface area contributed by atoms with Gasteiger partial charge in [-0.15, -0.1) is 0 Å². The van der Waals surface area contributed by atoms with E-state index in [0.717, 1.165) is 38.5 Å². The van der Waals surface area contributed by atoms with Crippen molar-refractivity contribution in [3.8, 4) is 33.4 Å². The predicted molar refractivity (Wildman–Crippen MR) is 263 cm³/mol. The first-order valence-corrected chi connectivity index (χ1v) is 34.5. The van der Waals surface area contributed by atoms with Gasteiger partial charge in [-0.25, -0.2) is 0 Å². The van der Waals surface area contributed by atoms with Crippen LogP contribution in [0, 0.1) is 11.8 Å². The molecule has 0 nitrogen and oxygen atoms in total. The Morgan fingerprint density at radius 3 is 1.43 bits per heavy atom. The molecule has 9 rings (SSSR count). The fraction of sp³-hybridized carbons (Fsp3) is 0.286. The quantitative estimate of drug-likeness (QED) is 0.101. The normalized spacial score (nSPS) is 17.6. The van der Waals surface area contributed by atoms with Gasteiger partial charge in [-0.1, -0.05) is 0 Å². The van der Waals surface area contributed by atoms with E-state index in [9.17, 15) is 17.0 Å². The van der Waals surface area contributed by atoms with Crippen LogP contribution in [0.4, 0.5) is 0 Å². The SMILES string of the molecule is CCCC1=Cc2c(-c3ccccc3CC(C)C)cccc2[CH]1[Zr]([Cl])([Cl])([c]1cccc2c1[SiH2]c1ccccc1-2)[CH]1C(CCC)=Cc2c(-c3ccccc3CC(C)C)cccc21. The van der Waals surface area contributed by atoms with Gasteiger partial charge in [-0.3, -0.25) is 0 Å². The summed E-state index contributed by atoms with van der Waals surface area (Å²) < 4.78 is 1.18. The van der Waals surface area contributed by atoms with E-state index in [1.807, 2.05) is 0 Å². The van der Waals surface area contributed by atoms with Gasteiger partial charge < -0.3 is 0 Å².